The van der Waals surface area contributed by atoms with Crippen LogP contribution in [0.25, 0.3) is 0 Å². The van der Waals surface area contributed by atoms with E-state index < -0.39 is 17.8 Å². The largest absolute Gasteiger partial charge is 0.445 e. The van der Waals surface area contributed by atoms with Crippen LogP contribution >= 0.6 is 0 Å². The Morgan fingerprint density at radius 2 is 1.62 bits per heavy atom. The van der Waals surface area contributed by atoms with Crippen LogP contribution < -0.4 is 5.32 Å². The monoisotopic (exact) mass is 468 g/mol. The smallest absolute Gasteiger partial charge is 0.410 e. The van der Waals surface area contributed by atoms with Crippen LogP contribution in [0.1, 0.15) is 69.4 Å². The van der Waals surface area contributed by atoms with Crippen molar-refractivity contribution in [3.63, 3.8) is 0 Å². The average molecular weight is 469 g/mol. The highest BCUT2D eigenvalue weighted by Crippen LogP contribution is 2.31. The minimum absolute atomic E-state index is 0.0707. The molecule has 0 saturated carbocycles. The van der Waals surface area contributed by atoms with E-state index in [1.54, 1.807) is 4.90 Å². The van der Waals surface area contributed by atoms with Gasteiger partial charge in [0.2, 0.25) is 0 Å². The highest BCUT2D eigenvalue weighted by molar-refractivity contribution is 5.68. The molecule has 1 aliphatic rings. The van der Waals surface area contributed by atoms with Crippen LogP contribution in [0.5, 0.6) is 0 Å². The predicted molar refractivity (Wildman–Crippen MR) is 130 cm³/mol. The molecule has 0 spiro atoms. The molecular formula is C27H36N2O5. The van der Waals surface area contributed by atoms with Gasteiger partial charge in [-0.1, -0.05) is 54.6 Å². The lowest BCUT2D eigenvalue weighted by Gasteiger charge is -2.33. The number of aliphatic hydroxyl groups excluding tert-OH is 1. The molecule has 0 radical (unpaired) electrons. The van der Waals surface area contributed by atoms with Gasteiger partial charge in [0.25, 0.3) is 0 Å². The Hall–Kier alpha value is -3.06. The number of amides is 2. The summed E-state index contributed by atoms with van der Waals surface area (Å²) in [6, 6.07) is 17.0. The zero-order valence-electron chi connectivity index (χ0n) is 20.5. The molecule has 0 aromatic heterocycles. The summed E-state index contributed by atoms with van der Waals surface area (Å²) in [6.07, 6.45) is 0.0383. The molecule has 1 heterocycles. The summed E-state index contributed by atoms with van der Waals surface area (Å²) in [4.78, 5) is 26.1. The fraction of sp³-hybridized carbons (Fsp3) is 0.481. The van der Waals surface area contributed by atoms with Gasteiger partial charge >= 0.3 is 12.2 Å². The second-order valence-electron chi connectivity index (χ2n) is 9.84. The second-order valence-corrected chi connectivity index (χ2v) is 9.84. The third-order valence-electron chi connectivity index (χ3n) is 5.96. The number of alkyl carbamates (subject to hydrolysis) is 1. The van der Waals surface area contributed by atoms with Crippen molar-refractivity contribution in [1.82, 2.24) is 10.2 Å². The third kappa shape index (κ3) is 7.48. The molecule has 1 saturated heterocycles. The summed E-state index contributed by atoms with van der Waals surface area (Å²) in [5.41, 5.74) is 2.17. The second kappa shape index (κ2) is 11.4. The van der Waals surface area contributed by atoms with Crippen molar-refractivity contribution in [2.75, 3.05) is 13.1 Å². The SMILES string of the molecule is C[C@H](NC(=O)OC(C)(C)C)c1ccc(C(O)C2CCN(C(=O)OCc3ccccc3)CC2)cc1. The normalized spacial score (nSPS) is 16.4. The maximum absolute atomic E-state index is 12.4. The quantitative estimate of drug-likeness (QED) is 0.596. The summed E-state index contributed by atoms with van der Waals surface area (Å²) in [6.45, 7) is 8.75. The molecule has 34 heavy (non-hydrogen) atoms. The molecule has 2 atom stereocenters. The van der Waals surface area contributed by atoms with E-state index in [9.17, 15) is 14.7 Å². The number of piperidine rings is 1. The third-order valence-corrected chi connectivity index (χ3v) is 5.96. The van der Waals surface area contributed by atoms with Gasteiger partial charge in [0.05, 0.1) is 12.1 Å². The van der Waals surface area contributed by atoms with Gasteiger partial charge in [-0.3, -0.25) is 0 Å². The van der Waals surface area contributed by atoms with Gasteiger partial charge in [0.15, 0.2) is 0 Å². The fourth-order valence-corrected chi connectivity index (χ4v) is 4.03. The molecule has 2 aromatic rings. The Labute approximate surface area is 202 Å². The van der Waals surface area contributed by atoms with Crippen molar-refractivity contribution in [1.29, 1.82) is 0 Å². The minimum atomic E-state index is -0.606. The molecule has 0 aliphatic carbocycles. The number of hydrogen-bond donors (Lipinski definition) is 2. The number of benzene rings is 2. The van der Waals surface area contributed by atoms with Crippen LogP contribution in [-0.4, -0.2) is 40.9 Å². The van der Waals surface area contributed by atoms with Gasteiger partial charge in [-0.05, 0) is 63.1 Å². The molecule has 1 fully saturated rings. The van der Waals surface area contributed by atoms with Crippen molar-refractivity contribution in [3.05, 3.63) is 71.3 Å². The number of likely N-dealkylation sites (tertiary alicyclic amines) is 1. The Bertz CT molecular complexity index is 932. The fourth-order valence-electron chi connectivity index (χ4n) is 4.03. The summed E-state index contributed by atoms with van der Waals surface area (Å²) in [5, 5.41) is 13.7. The van der Waals surface area contributed by atoms with Crippen molar-refractivity contribution < 1.29 is 24.2 Å². The molecule has 184 valence electrons. The summed E-state index contributed by atoms with van der Waals surface area (Å²) in [5.74, 6) is 0.0707. The van der Waals surface area contributed by atoms with Gasteiger partial charge < -0.3 is 24.8 Å². The molecular weight excluding hydrogens is 432 g/mol. The molecule has 2 N–H and O–H groups in total. The first-order valence-corrected chi connectivity index (χ1v) is 11.9. The van der Waals surface area contributed by atoms with Crippen molar-refractivity contribution >= 4 is 12.2 Å². The number of carbonyl (C=O) groups excluding carboxylic acids is 2. The highest BCUT2D eigenvalue weighted by atomic mass is 16.6. The van der Waals surface area contributed by atoms with Gasteiger partial charge in [0.1, 0.15) is 12.2 Å². The molecule has 7 nitrogen and oxygen atoms in total. The molecule has 1 aliphatic heterocycles. The number of nitrogens with zero attached hydrogens (tertiary/aromatic N) is 1. The van der Waals surface area contributed by atoms with Crippen molar-refractivity contribution in [3.8, 4) is 0 Å². The number of nitrogens with one attached hydrogen (secondary N) is 1. The van der Waals surface area contributed by atoms with Crippen LogP contribution in [-0.2, 0) is 16.1 Å². The molecule has 1 unspecified atom stereocenters. The lowest BCUT2D eigenvalue weighted by Crippen LogP contribution is -2.40. The van der Waals surface area contributed by atoms with Gasteiger partial charge in [-0.15, -0.1) is 0 Å². The predicted octanol–water partition coefficient (Wildman–Crippen LogP) is 5.35. The summed E-state index contributed by atoms with van der Waals surface area (Å²) < 4.78 is 10.7. The minimum Gasteiger partial charge on any atom is -0.445 e. The highest BCUT2D eigenvalue weighted by Gasteiger charge is 2.29. The Morgan fingerprint density at radius 3 is 2.21 bits per heavy atom. The van der Waals surface area contributed by atoms with E-state index in [1.807, 2.05) is 82.3 Å². The maximum atomic E-state index is 12.4. The van der Waals surface area contributed by atoms with Crippen LogP contribution in [0.2, 0.25) is 0 Å². The topological polar surface area (TPSA) is 88.1 Å². The van der Waals surface area contributed by atoms with E-state index in [0.717, 1.165) is 16.7 Å². The van der Waals surface area contributed by atoms with Crippen molar-refractivity contribution in [2.45, 2.75) is 64.9 Å². The first kappa shape index (κ1) is 25.6. The molecule has 0 bridgehead atoms. The zero-order chi connectivity index (χ0) is 24.7. The lowest BCUT2D eigenvalue weighted by molar-refractivity contribution is 0.0450. The Morgan fingerprint density at radius 1 is 1.03 bits per heavy atom. The Kier molecular flexibility index (Phi) is 8.56. The first-order chi connectivity index (χ1) is 16.1. The standard InChI is InChI=1S/C27H36N2O5/c1-19(28-25(31)34-27(2,3)4)21-10-12-22(13-11-21)24(30)23-14-16-29(17-15-23)26(32)33-18-20-8-6-5-7-9-20/h5-13,19,23-24,30H,14-18H2,1-4H3,(H,28,31)/t19-,24?/m0/s1. The number of carbonyl (C=O) groups is 2. The molecule has 7 heteroatoms. The van der Waals surface area contributed by atoms with Crippen LogP contribution in [0.15, 0.2) is 54.6 Å². The zero-order valence-corrected chi connectivity index (χ0v) is 20.5. The van der Waals surface area contributed by atoms with Gasteiger partial charge in [0, 0.05) is 13.1 Å². The summed E-state index contributed by atoms with van der Waals surface area (Å²) in [7, 11) is 0. The first-order valence-electron chi connectivity index (χ1n) is 11.9. The van der Waals surface area contributed by atoms with Gasteiger partial charge in [-0.2, -0.15) is 0 Å². The number of ether oxygens (including phenoxy) is 2. The molecule has 3 rings (SSSR count). The molecule has 2 aromatic carbocycles. The number of hydrogen-bond acceptors (Lipinski definition) is 5. The van der Waals surface area contributed by atoms with Crippen molar-refractivity contribution in [2.24, 2.45) is 5.92 Å². The summed E-state index contributed by atoms with van der Waals surface area (Å²) >= 11 is 0. The molecule has 2 amide bonds. The Balaban J connectivity index is 1.46. The van der Waals surface area contributed by atoms with E-state index in [0.29, 0.717) is 25.9 Å². The van der Waals surface area contributed by atoms with Crippen LogP contribution in [0.4, 0.5) is 9.59 Å². The van der Waals surface area contributed by atoms with E-state index >= 15 is 0 Å². The van der Waals surface area contributed by atoms with E-state index in [2.05, 4.69) is 5.32 Å². The van der Waals surface area contributed by atoms with E-state index in [-0.39, 0.29) is 24.7 Å². The number of aliphatic hydroxyl groups is 1. The van der Waals surface area contributed by atoms with E-state index in [1.165, 1.54) is 0 Å². The van der Waals surface area contributed by atoms with Gasteiger partial charge in [-0.25, -0.2) is 9.59 Å². The van der Waals surface area contributed by atoms with E-state index in [4.69, 9.17) is 9.47 Å². The van der Waals surface area contributed by atoms with Crippen LogP contribution in [0.3, 0.4) is 0 Å². The average Bonchev–Trinajstić information content (AvgIpc) is 2.81. The maximum Gasteiger partial charge on any atom is 0.410 e. The number of rotatable bonds is 6. The van der Waals surface area contributed by atoms with Crippen LogP contribution in [0, 0.1) is 5.92 Å². The lowest BCUT2D eigenvalue weighted by atomic mass is 9.87.